The number of halogens is 1. The number of fused-ring (bicyclic) bond motifs is 2. The Hall–Kier alpha value is -4.88. The minimum atomic E-state index is -0.621. The van der Waals surface area contributed by atoms with Crippen LogP contribution in [-0.4, -0.2) is 37.2 Å². The standard InChI is InChI=1S/C29H22FN7O3S2/c1-40-19-11-9-17(10-12-19)15-37-24(31)20(14-21-25(37)32-23-8-4-5-13-36(23)27(21)39)26(38)33-28-34-35-29(42-28)41-16-18-6-2-3-7-22(18)30/h2-14,31H,15-16H2,1H3,(H,33,34,38). The van der Waals surface area contributed by atoms with E-state index in [1.54, 1.807) is 61.8 Å². The van der Waals surface area contributed by atoms with Crippen molar-refractivity contribution in [3.8, 4) is 5.75 Å². The van der Waals surface area contributed by atoms with E-state index >= 15 is 0 Å². The van der Waals surface area contributed by atoms with Gasteiger partial charge in [0.25, 0.3) is 11.5 Å². The molecule has 0 aliphatic carbocycles. The maximum Gasteiger partial charge on any atom is 0.267 e. The molecule has 0 atom stereocenters. The van der Waals surface area contributed by atoms with Crippen LogP contribution >= 0.6 is 23.1 Å². The average Bonchev–Trinajstić information content (AvgIpc) is 3.45. The van der Waals surface area contributed by atoms with Gasteiger partial charge in [0.05, 0.1) is 24.6 Å². The van der Waals surface area contributed by atoms with Crippen molar-refractivity contribution in [1.82, 2.24) is 24.1 Å². The normalized spacial score (nSPS) is 11.2. The Morgan fingerprint density at radius 2 is 1.88 bits per heavy atom. The highest BCUT2D eigenvalue weighted by molar-refractivity contribution is 8.00. The Balaban J connectivity index is 1.35. The van der Waals surface area contributed by atoms with Crippen molar-refractivity contribution in [3.05, 3.63) is 117 Å². The Morgan fingerprint density at radius 3 is 2.67 bits per heavy atom. The molecule has 0 aliphatic heterocycles. The van der Waals surface area contributed by atoms with Gasteiger partial charge < -0.3 is 9.30 Å². The number of nitrogens with zero attached hydrogens (tertiary/aromatic N) is 5. The number of nitrogens with one attached hydrogen (secondary N) is 2. The van der Waals surface area contributed by atoms with E-state index < -0.39 is 5.91 Å². The minimum absolute atomic E-state index is 0.0263. The van der Waals surface area contributed by atoms with E-state index in [0.717, 1.165) is 16.9 Å². The highest BCUT2D eigenvalue weighted by atomic mass is 32.2. The molecule has 0 saturated carbocycles. The monoisotopic (exact) mass is 599 g/mol. The molecular formula is C29H22FN7O3S2. The second-order valence-electron chi connectivity index (χ2n) is 9.13. The fourth-order valence-corrected chi connectivity index (χ4v) is 6.10. The summed E-state index contributed by atoms with van der Waals surface area (Å²) in [5, 5.41) is 20.2. The molecule has 6 rings (SSSR count). The summed E-state index contributed by atoms with van der Waals surface area (Å²) in [6, 6.07) is 20.4. The molecule has 0 bridgehead atoms. The Morgan fingerprint density at radius 1 is 1.10 bits per heavy atom. The molecule has 0 spiro atoms. The maximum atomic E-state index is 14.0. The number of anilines is 1. The highest BCUT2D eigenvalue weighted by Crippen LogP contribution is 2.29. The van der Waals surface area contributed by atoms with E-state index in [9.17, 15) is 14.0 Å². The van der Waals surface area contributed by atoms with E-state index in [1.165, 1.54) is 32.9 Å². The zero-order valence-electron chi connectivity index (χ0n) is 22.1. The third-order valence-electron chi connectivity index (χ3n) is 6.50. The van der Waals surface area contributed by atoms with Crippen LogP contribution in [0.3, 0.4) is 0 Å². The van der Waals surface area contributed by atoms with Gasteiger partial charge >= 0.3 is 0 Å². The van der Waals surface area contributed by atoms with E-state index in [2.05, 4.69) is 20.5 Å². The predicted molar refractivity (Wildman–Crippen MR) is 159 cm³/mol. The smallest absolute Gasteiger partial charge is 0.267 e. The number of rotatable bonds is 8. The first-order valence-electron chi connectivity index (χ1n) is 12.6. The quantitative estimate of drug-likeness (QED) is 0.147. The Bertz CT molecular complexity index is 2070. The molecule has 0 fully saturated rings. The number of ether oxygens (including phenoxy) is 1. The van der Waals surface area contributed by atoms with Gasteiger partial charge in [-0.15, -0.1) is 10.2 Å². The topological polar surface area (TPSA) is 127 Å². The van der Waals surface area contributed by atoms with Crippen LogP contribution in [0.15, 0.2) is 88.1 Å². The van der Waals surface area contributed by atoms with Gasteiger partial charge in [0.15, 0.2) is 4.34 Å². The van der Waals surface area contributed by atoms with E-state index in [-0.39, 0.29) is 45.1 Å². The van der Waals surface area contributed by atoms with E-state index in [1.807, 2.05) is 12.1 Å². The summed E-state index contributed by atoms with van der Waals surface area (Å²) < 4.78 is 22.7. The lowest BCUT2D eigenvalue weighted by Crippen LogP contribution is -2.32. The molecule has 6 aromatic rings. The fraction of sp³-hybridized carbons (Fsp3) is 0.103. The lowest BCUT2D eigenvalue weighted by Gasteiger charge is -2.15. The zero-order chi connectivity index (χ0) is 29.2. The van der Waals surface area contributed by atoms with Gasteiger partial charge in [0.2, 0.25) is 5.13 Å². The van der Waals surface area contributed by atoms with Gasteiger partial charge in [-0.25, -0.2) is 9.37 Å². The third kappa shape index (κ3) is 5.39. The number of carbonyl (C=O) groups is 1. The number of amides is 1. The van der Waals surface area contributed by atoms with Gasteiger partial charge in [-0.3, -0.25) is 24.7 Å². The van der Waals surface area contributed by atoms with E-state index in [4.69, 9.17) is 10.1 Å². The summed E-state index contributed by atoms with van der Waals surface area (Å²) in [5.74, 6) is 0.111. The molecule has 4 heterocycles. The number of aromatic nitrogens is 5. The molecular weight excluding hydrogens is 577 g/mol. The highest BCUT2D eigenvalue weighted by Gasteiger charge is 2.19. The largest absolute Gasteiger partial charge is 0.497 e. The summed E-state index contributed by atoms with van der Waals surface area (Å²) in [4.78, 5) is 31.6. The van der Waals surface area contributed by atoms with Crippen molar-refractivity contribution >= 4 is 50.8 Å². The van der Waals surface area contributed by atoms with Crippen LogP contribution in [0.5, 0.6) is 5.75 Å². The van der Waals surface area contributed by atoms with Gasteiger partial charge in [-0.1, -0.05) is 59.5 Å². The molecule has 0 unspecified atom stereocenters. The van der Waals surface area contributed by atoms with Crippen LogP contribution in [0.4, 0.5) is 9.52 Å². The molecule has 4 aromatic heterocycles. The Kier molecular flexibility index (Phi) is 7.50. The molecule has 42 heavy (non-hydrogen) atoms. The zero-order valence-corrected chi connectivity index (χ0v) is 23.7. The summed E-state index contributed by atoms with van der Waals surface area (Å²) in [6.45, 7) is 0.186. The number of pyridine rings is 2. The summed E-state index contributed by atoms with van der Waals surface area (Å²) in [5.41, 5.74) is 1.55. The van der Waals surface area contributed by atoms with Crippen LogP contribution in [0, 0.1) is 11.2 Å². The summed E-state index contributed by atoms with van der Waals surface area (Å²) >= 11 is 2.43. The molecule has 210 valence electrons. The number of hydrogen-bond donors (Lipinski definition) is 2. The summed E-state index contributed by atoms with van der Waals surface area (Å²) in [7, 11) is 1.58. The van der Waals surface area contributed by atoms with Gasteiger partial charge in [-0.05, 0) is 47.5 Å². The number of methoxy groups -OCH3 is 1. The molecule has 10 nitrogen and oxygen atoms in total. The molecule has 0 radical (unpaired) electrons. The molecule has 13 heteroatoms. The first kappa shape index (κ1) is 27.3. The van der Waals surface area contributed by atoms with Crippen molar-refractivity contribution < 1.29 is 13.9 Å². The van der Waals surface area contributed by atoms with E-state index in [0.29, 0.717) is 27.1 Å². The molecule has 1 amide bonds. The fourth-order valence-electron chi connectivity index (χ4n) is 4.37. The van der Waals surface area contributed by atoms with Crippen LogP contribution in [0.2, 0.25) is 0 Å². The number of hydrogen-bond acceptors (Lipinski definition) is 9. The van der Waals surface area contributed by atoms with Gasteiger partial charge in [-0.2, -0.15) is 0 Å². The number of thioether (sulfide) groups is 1. The molecule has 2 aromatic carbocycles. The summed E-state index contributed by atoms with van der Waals surface area (Å²) in [6.07, 6.45) is 1.61. The average molecular weight is 600 g/mol. The minimum Gasteiger partial charge on any atom is -0.497 e. The first-order valence-corrected chi connectivity index (χ1v) is 14.4. The van der Waals surface area contributed by atoms with Crippen LogP contribution < -0.4 is 21.1 Å². The molecule has 0 aliphatic rings. The van der Waals surface area contributed by atoms with Gasteiger partial charge in [0.1, 0.15) is 28.3 Å². The maximum absolute atomic E-state index is 14.0. The molecule has 2 N–H and O–H groups in total. The Labute approximate surface area is 246 Å². The van der Waals surface area contributed by atoms with Crippen molar-refractivity contribution in [2.24, 2.45) is 0 Å². The third-order valence-corrected chi connectivity index (χ3v) is 8.52. The van der Waals surface area contributed by atoms with Crippen molar-refractivity contribution in [2.75, 3.05) is 12.4 Å². The first-order chi connectivity index (χ1) is 20.4. The predicted octanol–water partition coefficient (Wildman–Crippen LogP) is 4.72. The van der Waals surface area contributed by atoms with Crippen LogP contribution in [-0.2, 0) is 12.3 Å². The number of benzene rings is 2. The lowest BCUT2D eigenvalue weighted by atomic mass is 10.1. The van der Waals surface area contributed by atoms with Crippen LogP contribution in [0.1, 0.15) is 21.5 Å². The second kappa shape index (κ2) is 11.5. The van der Waals surface area contributed by atoms with Gasteiger partial charge in [0, 0.05) is 11.9 Å². The van der Waals surface area contributed by atoms with Crippen LogP contribution in [0.25, 0.3) is 16.7 Å². The SMILES string of the molecule is COc1ccc(Cn2c(=N)c(C(=O)Nc3nnc(SCc4ccccc4F)s3)cc3c(=O)n4ccccc4nc32)cc1. The molecule has 0 saturated heterocycles. The van der Waals surface area contributed by atoms with Crippen molar-refractivity contribution in [3.63, 3.8) is 0 Å². The van der Waals surface area contributed by atoms with Crippen molar-refractivity contribution in [1.29, 1.82) is 5.41 Å². The lowest BCUT2D eigenvalue weighted by molar-refractivity contribution is 0.102. The number of carbonyl (C=O) groups excluding carboxylic acids is 1. The second-order valence-corrected chi connectivity index (χ2v) is 11.3. The van der Waals surface area contributed by atoms with Crippen molar-refractivity contribution in [2.45, 2.75) is 16.6 Å².